The van der Waals surface area contributed by atoms with Crippen molar-refractivity contribution in [1.82, 2.24) is 5.32 Å². The lowest BCUT2D eigenvalue weighted by Crippen LogP contribution is -2.44. The molecule has 0 bridgehead atoms. The van der Waals surface area contributed by atoms with Gasteiger partial charge in [0.05, 0.1) is 0 Å². The van der Waals surface area contributed by atoms with Crippen LogP contribution in [0, 0.1) is 5.41 Å². The van der Waals surface area contributed by atoms with Crippen LogP contribution in [-0.2, 0) is 9.53 Å². The van der Waals surface area contributed by atoms with Gasteiger partial charge in [-0.05, 0) is 45.4 Å². The molecule has 2 N–H and O–H groups in total. The van der Waals surface area contributed by atoms with Crippen LogP contribution in [0.15, 0.2) is 0 Å². The first-order valence-corrected chi connectivity index (χ1v) is 5.84. The summed E-state index contributed by atoms with van der Waals surface area (Å²) in [4.78, 5) is 22.5. The Hall–Kier alpha value is -1.26. The second-order valence-electron chi connectivity index (χ2n) is 6.05. The average molecular weight is 243 g/mol. The summed E-state index contributed by atoms with van der Waals surface area (Å²) in [6.07, 6.45) is 1.83. The SMILES string of the molecule is CC1(CC(NC(=O)OC(C)(C)C)C(=O)O)CC1. The molecule has 0 aromatic rings. The van der Waals surface area contributed by atoms with Gasteiger partial charge in [-0.2, -0.15) is 0 Å². The van der Waals surface area contributed by atoms with E-state index in [2.05, 4.69) is 5.32 Å². The van der Waals surface area contributed by atoms with Gasteiger partial charge in [-0.1, -0.05) is 6.92 Å². The van der Waals surface area contributed by atoms with Crippen LogP contribution in [0.25, 0.3) is 0 Å². The van der Waals surface area contributed by atoms with Crippen LogP contribution in [0.3, 0.4) is 0 Å². The zero-order chi connectivity index (χ0) is 13.3. The number of carboxylic acids is 1. The van der Waals surface area contributed by atoms with E-state index in [1.807, 2.05) is 6.92 Å². The van der Waals surface area contributed by atoms with E-state index in [1.54, 1.807) is 20.8 Å². The lowest BCUT2D eigenvalue weighted by molar-refractivity contribution is -0.140. The van der Waals surface area contributed by atoms with Crippen LogP contribution in [0.4, 0.5) is 4.79 Å². The number of carbonyl (C=O) groups is 2. The molecule has 0 aromatic carbocycles. The number of hydrogen-bond donors (Lipinski definition) is 2. The Balaban J connectivity index is 2.49. The number of alkyl carbamates (subject to hydrolysis) is 1. The minimum absolute atomic E-state index is 0.0675. The van der Waals surface area contributed by atoms with Crippen molar-refractivity contribution in [2.45, 2.75) is 58.6 Å². The van der Waals surface area contributed by atoms with E-state index >= 15 is 0 Å². The van der Waals surface area contributed by atoms with Crippen molar-refractivity contribution in [3.05, 3.63) is 0 Å². The normalized spacial score (nSPS) is 19.3. The van der Waals surface area contributed by atoms with Gasteiger partial charge in [-0.25, -0.2) is 9.59 Å². The van der Waals surface area contributed by atoms with Crippen molar-refractivity contribution >= 4 is 12.1 Å². The van der Waals surface area contributed by atoms with Gasteiger partial charge in [0.1, 0.15) is 11.6 Å². The predicted octanol–water partition coefficient (Wildman–Crippen LogP) is 2.15. The largest absolute Gasteiger partial charge is 0.480 e. The Kier molecular flexibility index (Phi) is 3.69. The summed E-state index contributed by atoms with van der Waals surface area (Å²) in [7, 11) is 0. The Morgan fingerprint density at radius 3 is 2.29 bits per heavy atom. The molecule has 5 heteroatoms. The summed E-state index contributed by atoms with van der Waals surface area (Å²) in [6, 6.07) is -0.864. The molecule has 1 aliphatic carbocycles. The van der Waals surface area contributed by atoms with Crippen LogP contribution < -0.4 is 5.32 Å². The zero-order valence-electron chi connectivity index (χ0n) is 10.9. The quantitative estimate of drug-likeness (QED) is 0.793. The van der Waals surface area contributed by atoms with Gasteiger partial charge in [0.25, 0.3) is 0 Å². The van der Waals surface area contributed by atoms with Crippen molar-refractivity contribution in [1.29, 1.82) is 0 Å². The molecule has 1 rings (SSSR count). The molecule has 0 spiro atoms. The number of ether oxygens (including phenoxy) is 1. The second kappa shape index (κ2) is 4.55. The number of rotatable bonds is 4. The smallest absolute Gasteiger partial charge is 0.408 e. The number of carboxylic acid groups (broad SMARTS) is 1. The van der Waals surface area contributed by atoms with Crippen LogP contribution in [0.5, 0.6) is 0 Å². The molecule has 1 atom stereocenters. The van der Waals surface area contributed by atoms with Crippen LogP contribution in [0.1, 0.15) is 47.0 Å². The Morgan fingerprint density at radius 1 is 1.41 bits per heavy atom. The van der Waals surface area contributed by atoms with Crippen molar-refractivity contribution in [2.75, 3.05) is 0 Å². The molecule has 0 radical (unpaired) electrons. The van der Waals surface area contributed by atoms with Gasteiger partial charge in [-0.15, -0.1) is 0 Å². The van der Waals surface area contributed by atoms with Crippen molar-refractivity contribution < 1.29 is 19.4 Å². The van der Waals surface area contributed by atoms with Crippen LogP contribution >= 0.6 is 0 Å². The summed E-state index contributed by atoms with van der Waals surface area (Å²) in [5.74, 6) is -1.01. The maximum absolute atomic E-state index is 11.5. The molecular weight excluding hydrogens is 222 g/mol. The second-order valence-corrected chi connectivity index (χ2v) is 6.05. The molecule has 98 valence electrons. The lowest BCUT2D eigenvalue weighted by Gasteiger charge is -2.23. The minimum Gasteiger partial charge on any atom is -0.480 e. The minimum atomic E-state index is -1.01. The number of aliphatic carboxylic acids is 1. The fraction of sp³-hybridized carbons (Fsp3) is 0.833. The molecule has 1 aliphatic rings. The first-order valence-electron chi connectivity index (χ1n) is 5.84. The molecule has 0 heterocycles. The Labute approximate surface area is 102 Å². The molecule has 0 aliphatic heterocycles. The standard InChI is InChI=1S/C12H21NO4/c1-11(2,3)17-10(16)13-8(9(14)15)7-12(4)5-6-12/h8H,5-7H2,1-4H3,(H,13,16)(H,14,15). The molecule has 1 fully saturated rings. The van der Waals surface area contributed by atoms with E-state index in [-0.39, 0.29) is 5.41 Å². The summed E-state index contributed by atoms with van der Waals surface area (Å²) in [5.41, 5.74) is -0.547. The first kappa shape index (κ1) is 13.8. The van der Waals surface area contributed by atoms with E-state index in [9.17, 15) is 9.59 Å². The summed E-state index contributed by atoms with van der Waals surface area (Å²) in [6.45, 7) is 7.25. The van der Waals surface area contributed by atoms with Crippen molar-refractivity contribution in [2.24, 2.45) is 5.41 Å². The monoisotopic (exact) mass is 243 g/mol. The van der Waals surface area contributed by atoms with Gasteiger partial charge in [0.15, 0.2) is 0 Å². The number of hydrogen-bond acceptors (Lipinski definition) is 3. The van der Waals surface area contributed by atoms with Gasteiger partial charge in [0.2, 0.25) is 0 Å². The Morgan fingerprint density at radius 2 is 1.94 bits per heavy atom. The molecule has 5 nitrogen and oxygen atoms in total. The molecule has 1 unspecified atom stereocenters. The molecule has 17 heavy (non-hydrogen) atoms. The van der Waals surface area contributed by atoms with Crippen molar-refractivity contribution in [3.8, 4) is 0 Å². The predicted molar refractivity (Wildman–Crippen MR) is 62.8 cm³/mol. The van der Waals surface area contributed by atoms with Gasteiger partial charge in [0, 0.05) is 0 Å². The molecule has 1 amide bonds. The summed E-state index contributed by atoms with van der Waals surface area (Å²) < 4.78 is 5.04. The molecule has 0 aromatic heterocycles. The van der Waals surface area contributed by atoms with Crippen LogP contribution in [0.2, 0.25) is 0 Å². The molecule has 0 saturated heterocycles. The maximum Gasteiger partial charge on any atom is 0.408 e. The molecular formula is C12H21NO4. The lowest BCUT2D eigenvalue weighted by atomic mass is 9.99. The summed E-state index contributed by atoms with van der Waals surface area (Å²) in [5, 5.41) is 11.5. The highest BCUT2D eigenvalue weighted by molar-refractivity contribution is 5.80. The third-order valence-corrected chi connectivity index (χ3v) is 2.79. The number of nitrogens with one attached hydrogen (secondary N) is 1. The topological polar surface area (TPSA) is 75.6 Å². The number of amides is 1. The Bertz CT molecular complexity index is 315. The van der Waals surface area contributed by atoms with Crippen LogP contribution in [-0.4, -0.2) is 28.8 Å². The molecule has 1 saturated carbocycles. The van der Waals surface area contributed by atoms with Gasteiger partial charge in [-0.3, -0.25) is 0 Å². The van der Waals surface area contributed by atoms with E-state index < -0.39 is 23.7 Å². The van der Waals surface area contributed by atoms with E-state index in [0.717, 1.165) is 12.8 Å². The third kappa shape index (κ3) is 5.06. The summed E-state index contributed by atoms with van der Waals surface area (Å²) >= 11 is 0. The highest BCUT2D eigenvalue weighted by Gasteiger charge is 2.41. The van der Waals surface area contributed by atoms with Crippen molar-refractivity contribution in [3.63, 3.8) is 0 Å². The average Bonchev–Trinajstić information content (AvgIpc) is 2.78. The fourth-order valence-corrected chi connectivity index (χ4v) is 1.56. The third-order valence-electron chi connectivity index (χ3n) is 2.79. The van der Waals surface area contributed by atoms with E-state index in [1.165, 1.54) is 0 Å². The number of carbonyl (C=O) groups excluding carboxylic acids is 1. The van der Waals surface area contributed by atoms with Gasteiger partial charge >= 0.3 is 12.1 Å². The highest BCUT2D eigenvalue weighted by Crippen LogP contribution is 2.48. The fourth-order valence-electron chi connectivity index (χ4n) is 1.56. The van der Waals surface area contributed by atoms with E-state index in [0.29, 0.717) is 6.42 Å². The van der Waals surface area contributed by atoms with Gasteiger partial charge < -0.3 is 15.2 Å². The maximum atomic E-state index is 11.5. The van der Waals surface area contributed by atoms with E-state index in [4.69, 9.17) is 9.84 Å². The highest BCUT2D eigenvalue weighted by atomic mass is 16.6. The zero-order valence-corrected chi connectivity index (χ0v) is 10.9. The first-order chi connectivity index (χ1) is 7.61.